The Balaban J connectivity index is 2.34. The molecule has 1 aliphatic rings. The molecule has 2 atom stereocenters. The van der Waals surface area contributed by atoms with E-state index < -0.39 is 0 Å². The van der Waals surface area contributed by atoms with E-state index in [-0.39, 0.29) is 0 Å². The second kappa shape index (κ2) is 4.07. The van der Waals surface area contributed by atoms with Gasteiger partial charge in [0, 0.05) is 12.6 Å². The van der Waals surface area contributed by atoms with Crippen LogP contribution in [0.15, 0.2) is 0 Å². The Morgan fingerprint density at radius 2 is 2.09 bits per heavy atom. The van der Waals surface area contributed by atoms with Gasteiger partial charge in [-0.1, -0.05) is 6.92 Å². The van der Waals surface area contributed by atoms with Crippen molar-refractivity contribution in [1.82, 2.24) is 10.2 Å². The summed E-state index contributed by atoms with van der Waals surface area (Å²) in [6.45, 7) is 8.22. The Labute approximate surface area is 70.0 Å². The van der Waals surface area contributed by atoms with E-state index in [2.05, 4.69) is 31.1 Å². The van der Waals surface area contributed by atoms with Gasteiger partial charge in [0.2, 0.25) is 0 Å². The number of nitrogens with zero attached hydrogens (tertiary/aromatic N) is 1. The first kappa shape index (κ1) is 9.01. The van der Waals surface area contributed by atoms with Crippen LogP contribution in [0.25, 0.3) is 0 Å². The highest BCUT2D eigenvalue weighted by atomic mass is 15.1. The second-order valence-electron chi connectivity index (χ2n) is 3.97. The van der Waals surface area contributed by atoms with Gasteiger partial charge in [-0.05, 0) is 39.4 Å². The molecule has 2 unspecified atom stereocenters. The summed E-state index contributed by atoms with van der Waals surface area (Å²) in [6.07, 6.45) is 1.28. The molecule has 11 heavy (non-hydrogen) atoms. The van der Waals surface area contributed by atoms with Gasteiger partial charge in [-0.25, -0.2) is 0 Å². The number of nitrogens with one attached hydrogen (secondary N) is 1. The highest BCUT2D eigenvalue weighted by molar-refractivity contribution is 4.71. The monoisotopic (exact) mass is 156 g/mol. The predicted molar refractivity (Wildman–Crippen MR) is 48.7 cm³/mol. The molecular formula is C9H20N2. The van der Waals surface area contributed by atoms with Crippen LogP contribution in [-0.4, -0.2) is 37.6 Å². The van der Waals surface area contributed by atoms with Crippen LogP contribution in [0.2, 0.25) is 0 Å². The second-order valence-corrected chi connectivity index (χ2v) is 3.97. The summed E-state index contributed by atoms with van der Waals surface area (Å²) in [5.74, 6) is 0.794. The minimum Gasteiger partial charge on any atom is -0.314 e. The summed E-state index contributed by atoms with van der Waals surface area (Å²) in [7, 11) is 2.22. The van der Waals surface area contributed by atoms with E-state index >= 15 is 0 Å². The zero-order valence-electron chi connectivity index (χ0n) is 7.93. The fraction of sp³-hybridized carbons (Fsp3) is 1.00. The smallest absolute Gasteiger partial charge is 0.00510 e. The topological polar surface area (TPSA) is 15.3 Å². The fourth-order valence-corrected chi connectivity index (χ4v) is 1.61. The normalized spacial score (nSPS) is 36.3. The zero-order valence-corrected chi connectivity index (χ0v) is 7.93. The Kier molecular flexibility index (Phi) is 3.34. The van der Waals surface area contributed by atoms with E-state index in [0.717, 1.165) is 5.92 Å². The van der Waals surface area contributed by atoms with Crippen molar-refractivity contribution in [3.63, 3.8) is 0 Å². The lowest BCUT2D eigenvalue weighted by atomic mass is 10.1. The molecule has 1 N–H and O–H groups in total. The zero-order chi connectivity index (χ0) is 8.27. The average Bonchev–Trinajstić information content (AvgIpc) is 1.95. The van der Waals surface area contributed by atoms with E-state index in [9.17, 15) is 0 Å². The Hall–Kier alpha value is -0.0800. The third-order valence-electron chi connectivity index (χ3n) is 2.38. The van der Waals surface area contributed by atoms with Crippen molar-refractivity contribution < 1.29 is 0 Å². The van der Waals surface area contributed by atoms with E-state index in [1.54, 1.807) is 0 Å². The maximum atomic E-state index is 3.53. The molecule has 1 saturated heterocycles. The molecule has 1 rings (SSSR count). The van der Waals surface area contributed by atoms with Crippen LogP contribution in [0, 0.1) is 5.92 Å². The Morgan fingerprint density at radius 1 is 1.36 bits per heavy atom. The van der Waals surface area contributed by atoms with Crippen molar-refractivity contribution in [1.29, 1.82) is 0 Å². The fourth-order valence-electron chi connectivity index (χ4n) is 1.61. The highest BCUT2D eigenvalue weighted by Gasteiger charge is 2.12. The molecule has 0 spiro atoms. The summed E-state index contributed by atoms with van der Waals surface area (Å²) in [5.41, 5.74) is 0. The maximum absolute atomic E-state index is 3.53. The van der Waals surface area contributed by atoms with Crippen LogP contribution >= 0.6 is 0 Å². The molecular weight excluding hydrogens is 136 g/mol. The van der Waals surface area contributed by atoms with Gasteiger partial charge in [0.15, 0.2) is 0 Å². The van der Waals surface area contributed by atoms with Gasteiger partial charge in [-0.3, -0.25) is 0 Å². The van der Waals surface area contributed by atoms with Crippen molar-refractivity contribution in [3.8, 4) is 0 Å². The SMILES string of the molecule is CC1CNC(C)CCN(C)C1. The molecule has 1 aliphatic heterocycles. The van der Waals surface area contributed by atoms with Gasteiger partial charge in [0.25, 0.3) is 0 Å². The average molecular weight is 156 g/mol. The molecule has 0 bridgehead atoms. The molecule has 0 aromatic rings. The van der Waals surface area contributed by atoms with Crippen LogP contribution in [0.1, 0.15) is 20.3 Å². The molecule has 0 amide bonds. The number of hydrogen-bond acceptors (Lipinski definition) is 2. The summed E-state index contributed by atoms with van der Waals surface area (Å²) >= 11 is 0. The number of hydrogen-bond donors (Lipinski definition) is 1. The van der Waals surface area contributed by atoms with Gasteiger partial charge in [-0.15, -0.1) is 0 Å². The molecule has 2 nitrogen and oxygen atoms in total. The quantitative estimate of drug-likeness (QED) is 0.561. The van der Waals surface area contributed by atoms with Gasteiger partial charge in [0.1, 0.15) is 0 Å². The molecule has 0 aromatic carbocycles. The molecule has 66 valence electrons. The van der Waals surface area contributed by atoms with Gasteiger partial charge in [-0.2, -0.15) is 0 Å². The summed E-state index contributed by atoms with van der Waals surface area (Å²) in [5, 5.41) is 3.53. The molecule has 0 aromatic heterocycles. The standard InChI is InChI=1S/C9H20N2/c1-8-6-10-9(2)4-5-11(3)7-8/h8-10H,4-7H2,1-3H3. The van der Waals surface area contributed by atoms with Gasteiger partial charge in [0.05, 0.1) is 0 Å². The third-order valence-corrected chi connectivity index (χ3v) is 2.38. The van der Waals surface area contributed by atoms with Gasteiger partial charge < -0.3 is 10.2 Å². The minimum atomic E-state index is 0.695. The lowest BCUT2D eigenvalue weighted by Crippen LogP contribution is -2.40. The van der Waals surface area contributed by atoms with E-state index in [1.165, 1.54) is 26.1 Å². The van der Waals surface area contributed by atoms with Crippen LogP contribution in [0.4, 0.5) is 0 Å². The first-order valence-corrected chi connectivity index (χ1v) is 4.60. The highest BCUT2D eigenvalue weighted by Crippen LogP contribution is 2.04. The van der Waals surface area contributed by atoms with E-state index in [0.29, 0.717) is 6.04 Å². The van der Waals surface area contributed by atoms with Crippen LogP contribution in [0.5, 0.6) is 0 Å². The molecule has 0 aliphatic carbocycles. The lowest BCUT2D eigenvalue weighted by Gasteiger charge is -2.28. The van der Waals surface area contributed by atoms with E-state index in [4.69, 9.17) is 0 Å². The largest absolute Gasteiger partial charge is 0.314 e. The molecule has 2 heteroatoms. The Bertz CT molecular complexity index is 102. The first-order valence-electron chi connectivity index (χ1n) is 4.60. The molecule has 1 heterocycles. The van der Waals surface area contributed by atoms with Gasteiger partial charge >= 0.3 is 0 Å². The van der Waals surface area contributed by atoms with Crippen LogP contribution in [-0.2, 0) is 0 Å². The molecule has 0 radical (unpaired) electrons. The number of rotatable bonds is 0. The summed E-state index contributed by atoms with van der Waals surface area (Å²) in [4.78, 5) is 2.43. The van der Waals surface area contributed by atoms with E-state index in [1.807, 2.05) is 0 Å². The maximum Gasteiger partial charge on any atom is 0.00510 e. The van der Waals surface area contributed by atoms with Crippen molar-refractivity contribution in [2.24, 2.45) is 5.92 Å². The van der Waals surface area contributed by atoms with Crippen molar-refractivity contribution in [2.75, 3.05) is 26.7 Å². The molecule has 0 saturated carbocycles. The van der Waals surface area contributed by atoms with Crippen LogP contribution in [0.3, 0.4) is 0 Å². The minimum absolute atomic E-state index is 0.695. The third kappa shape index (κ3) is 3.21. The summed E-state index contributed by atoms with van der Waals surface area (Å²) in [6, 6.07) is 0.695. The molecule has 1 fully saturated rings. The Morgan fingerprint density at radius 3 is 2.82 bits per heavy atom. The lowest BCUT2D eigenvalue weighted by molar-refractivity contribution is 0.238. The van der Waals surface area contributed by atoms with Crippen molar-refractivity contribution in [3.05, 3.63) is 0 Å². The predicted octanol–water partition coefficient (Wildman–Crippen LogP) is 0.936. The van der Waals surface area contributed by atoms with Crippen LogP contribution < -0.4 is 5.32 Å². The van der Waals surface area contributed by atoms with Crippen molar-refractivity contribution >= 4 is 0 Å². The summed E-state index contributed by atoms with van der Waals surface area (Å²) < 4.78 is 0. The van der Waals surface area contributed by atoms with Crippen molar-refractivity contribution in [2.45, 2.75) is 26.3 Å². The first-order chi connectivity index (χ1) is 5.18.